The van der Waals surface area contributed by atoms with E-state index in [1.54, 1.807) is 0 Å². The van der Waals surface area contributed by atoms with Crippen LogP contribution < -0.4 is 0 Å². The van der Waals surface area contributed by atoms with Gasteiger partial charge in [0.15, 0.2) is 0 Å². The minimum Gasteiger partial charge on any atom is -0.226 e. The van der Waals surface area contributed by atoms with E-state index >= 15 is 0 Å². The molecule has 0 aromatic heterocycles. The van der Waals surface area contributed by atoms with Crippen molar-refractivity contribution in [2.24, 2.45) is 0 Å². The third kappa shape index (κ3) is 2.12. The molecule has 0 aromatic carbocycles. The highest BCUT2D eigenvalue weighted by Crippen LogP contribution is 2.54. The van der Waals surface area contributed by atoms with Gasteiger partial charge < -0.3 is 0 Å². The highest BCUT2D eigenvalue weighted by atomic mass is 19.4. The summed E-state index contributed by atoms with van der Waals surface area (Å²) in [7, 11) is 0. The molecule has 0 nitrogen and oxygen atoms in total. The van der Waals surface area contributed by atoms with E-state index in [0.717, 1.165) is 0 Å². The average molecular weight is 260 g/mol. The van der Waals surface area contributed by atoms with Crippen molar-refractivity contribution in [2.75, 3.05) is 0 Å². The Morgan fingerprint density at radius 3 is 1.31 bits per heavy atom. The summed E-state index contributed by atoms with van der Waals surface area (Å²) in [6.45, 7) is 2.51. The van der Waals surface area contributed by atoms with Crippen LogP contribution in [0.15, 0.2) is 12.7 Å². The summed E-state index contributed by atoms with van der Waals surface area (Å²) in [6.07, 6.45) is -15.2. The van der Waals surface area contributed by atoms with Gasteiger partial charge in [-0.2, -0.15) is 35.1 Å². The van der Waals surface area contributed by atoms with E-state index in [2.05, 4.69) is 6.58 Å². The van der Waals surface area contributed by atoms with Crippen LogP contribution in [0.4, 0.5) is 39.5 Å². The Labute approximate surface area is 83.7 Å². The maximum Gasteiger partial charge on any atom is 0.457 e. The number of hydrogen-bond acceptors (Lipinski definition) is 0. The second-order valence-corrected chi connectivity index (χ2v) is 2.86. The molecule has 0 aliphatic carbocycles. The van der Waals surface area contributed by atoms with Gasteiger partial charge in [-0.05, 0) is 0 Å². The fraction of sp³-hybridized carbons (Fsp3) is 0.714. The number of rotatable bonds is 3. The Bertz CT molecular complexity index is 260. The SMILES string of the molecule is C=CCC(F)(C(F)(F)F)C(F)(F)C(F)(F)F. The standard InChI is InChI=1S/C7H5F9/c1-2-3-4(8,6(11,12)13)5(9,10)7(14,15)16/h2H,1,3H2. The molecule has 96 valence electrons. The lowest BCUT2D eigenvalue weighted by Crippen LogP contribution is -2.61. The topological polar surface area (TPSA) is 0 Å². The lowest BCUT2D eigenvalue weighted by molar-refractivity contribution is -0.382. The summed E-state index contributed by atoms with van der Waals surface area (Å²) in [5, 5.41) is 0. The molecule has 0 bridgehead atoms. The van der Waals surface area contributed by atoms with Gasteiger partial charge in [-0.1, -0.05) is 6.08 Å². The molecule has 0 saturated carbocycles. The summed E-state index contributed by atoms with van der Waals surface area (Å²) >= 11 is 0. The zero-order chi connectivity index (χ0) is 13.4. The van der Waals surface area contributed by atoms with Crippen molar-refractivity contribution >= 4 is 0 Å². The number of halogens is 9. The summed E-state index contributed by atoms with van der Waals surface area (Å²) in [4.78, 5) is 0. The first-order valence-electron chi connectivity index (χ1n) is 3.62. The van der Waals surface area contributed by atoms with Gasteiger partial charge in [-0.25, -0.2) is 4.39 Å². The first-order chi connectivity index (χ1) is 6.81. The van der Waals surface area contributed by atoms with Crippen LogP contribution in [0, 0.1) is 0 Å². The molecule has 0 heterocycles. The Morgan fingerprint density at radius 1 is 0.750 bits per heavy atom. The molecule has 0 radical (unpaired) electrons. The van der Waals surface area contributed by atoms with Crippen molar-refractivity contribution in [1.82, 2.24) is 0 Å². The van der Waals surface area contributed by atoms with E-state index < -0.39 is 30.4 Å². The quantitative estimate of drug-likeness (QED) is 0.530. The minimum atomic E-state index is -6.64. The second kappa shape index (κ2) is 3.85. The van der Waals surface area contributed by atoms with E-state index in [-0.39, 0.29) is 6.08 Å². The van der Waals surface area contributed by atoms with Crippen molar-refractivity contribution < 1.29 is 39.5 Å². The number of alkyl halides is 9. The molecule has 16 heavy (non-hydrogen) atoms. The highest BCUT2D eigenvalue weighted by molar-refractivity contribution is 5.06. The van der Waals surface area contributed by atoms with Crippen LogP contribution in [0.1, 0.15) is 6.42 Å². The fourth-order valence-corrected chi connectivity index (χ4v) is 0.845. The maximum atomic E-state index is 12.9. The van der Waals surface area contributed by atoms with E-state index in [4.69, 9.17) is 0 Å². The van der Waals surface area contributed by atoms with Gasteiger partial charge in [-0.3, -0.25) is 0 Å². The zero-order valence-corrected chi connectivity index (χ0v) is 7.39. The number of hydrogen-bond donors (Lipinski definition) is 0. The predicted octanol–water partition coefficient (Wildman–Crippen LogP) is 4.03. The van der Waals surface area contributed by atoms with Crippen molar-refractivity contribution in [3.63, 3.8) is 0 Å². The summed E-state index contributed by atoms with van der Waals surface area (Å²) in [5.41, 5.74) is -5.71. The molecule has 0 aromatic rings. The van der Waals surface area contributed by atoms with Crippen molar-refractivity contribution in [3.05, 3.63) is 12.7 Å². The van der Waals surface area contributed by atoms with Crippen LogP contribution in [0.2, 0.25) is 0 Å². The molecule has 9 heteroatoms. The molecule has 0 saturated heterocycles. The zero-order valence-electron chi connectivity index (χ0n) is 7.39. The Balaban J connectivity index is 5.63. The lowest BCUT2D eigenvalue weighted by Gasteiger charge is -2.35. The molecule has 0 amide bonds. The van der Waals surface area contributed by atoms with Crippen LogP contribution in [0.3, 0.4) is 0 Å². The van der Waals surface area contributed by atoms with Crippen LogP contribution in [0.25, 0.3) is 0 Å². The molecule has 0 fully saturated rings. The van der Waals surface area contributed by atoms with Crippen molar-refractivity contribution in [2.45, 2.75) is 30.4 Å². The Kier molecular flexibility index (Phi) is 3.63. The predicted molar refractivity (Wildman–Crippen MR) is 35.7 cm³/mol. The van der Waals surface area contributed by atoms with Gasteiger partial charge in [0.05, 0.1) is 0 Å². The van der Waals surface area contributed by atoms with Gasteiger partial charge in [0, 0.05) is 6.42 Å². The molecule has 0 rings (SSSR count). The van der Waals surface area contributed by atoms with Crippen LogP contribution in [-0.2, 0) is 0 Å². The maximum absolute atomic E-state index is 12.9. The highest BCUT2D eigenvalue weighted by Gasteiger charge is 2.80. The third-order valence-electron chi connectivity index (χ3n) is 1.73. The van der Waals surface area contributed by atoms with E-state index in [0.29, 0.717) is 0 Å². The summed E-state index contributed by atoms with van der Waals surface area (Å²) in [6, 6.07) is 0. The number of allylic oxidation sites excluding steroid dienone is 1. The van der Waals surface area contributed by atoms with Gasteiger partial charge in [0.2, 0.25) is 0 Å². The van der Waals surface area contributed by atoms with Crippen LogP contribution in [0.5, 0.6) is 0 Å². The second-order valence-electron chi connectivity index (χ2n) is 2.86. The lowest BCUT2D eigenvalue weighted by atomic mass is 9.92. The van der Waals surface area contributed by atoms with E-state index in [1.807, 2.05) is 0 Å². The van der Waals surface area contributed by atoms with Crippen molar-refractivity contribution in [1.29, 1.82) is 0 Å². The Morgan fingerprint density at radius 2 is 1.12 bits per heavy atom. The monoisotopic (exact) mass is 260 g/mol. The minimum absolute atomic E-state index is 0.00708. The molecule has 1 unspecified atom stereocenters. The normalized spacial score (nSPS) is 18.1. The van der Waals surface area contributed by atoms with Crippen LogP contribution >= 0.6 is 0 Å². The molecule has 0 N–H and O–H groups in total. The molecular weight excluding hydrogens is 255 g/mol. The van der Waals surface area contributed by atoms with Gasteiger partial charge in [0.1, 0.15) is 0 Å². The average Bonchev–Trinajstić information content (AvgIpc) is 1.99. The van der Waals surface area contributed by atoms with E-state index in [1.165, 1.54) is 0 Å². The first kappa shape index (κ1) is 15.1. The van der Waals surface area contributed by atoms with E-state index in [9.17, 15) is 39.5 Å². The van der Waals surface area contributed by atoms with Crippen molar-refractivity contribution in [3.8, 4) is 0 Å². The van der Waals surface area contributed by atoms with Gasteiger partial charge in [0.25, 0.3) is 5.67 Å². The molecular formula is C7H5F9. The van der Waals surface area contributed by atoms with Gasteiger partial charge in [-0.15, -0.1) is 6.58 Å². The first-order valence-corrected chi connectivity index (χ1v) is 3.62. The summed E-state index contributed by atoms with van der Waals surface area (Å²) in [5.74, 6) is -6.54. The Hall–Kier alpha value is -0.890. The molecule has 0 spiro atoms. The summed E-state index contributed by atoms with van der Waals surface area (Å²) < 4.78 is 108. The molecule has 0 aliphatic rings. The largest absolute Gasteiger partial charge is 0.457 e. The van der Waals surface area contributed by atoms with Crippen LogP contribution in [-0.4, -0.2) is 23.9 Å². The molecule has 0 aliphatic heterocycles. The van der Waals surface area contributed by atoms with Gasteiger partial charge >= 0.3 is 18.3 Å². The third-order valence-corrected chi connectivity index (χ3v) is 1.73. The smallest absolute Gasteiger partial charge is 0.226 e. The fourth-order valence-electron chi connectivity index (χ4n) is 0.845. The molecule has 1 atom stereocenters.